The highest BCUT2D eigenvalue weighted by Gasteiger charge is 2.11. The van der Waals surface area contributed by atoms with Crippen LogP contribution in [0.25, 0.3) is 0 Å². The summed E-state index contributed by atoms with van der Waals surface area (Å²) in [6.07, 6.45) is 3.30. The largest absolute Gasteiger partial charge is 0.298 e. The Hall–Kier alpha value is -1.39. The lowest BCUT2D eigenvalue weighted by molar-refractivity contribution is 0.247. The Kier molecular flexibility index (Phi) is 4.33. The van der Waals surface area contributed by atoms with Crippen LogP contribution in [-0.2, 0) is 6.54 Å². The van der Waals surface area contributed by atoms with Crippen LogP contribution in [0.15, 0.2) is 36.9 Å². The summed E-state index contributed by atoms with van der Waals surface area (Å²) in [5.41, 5.74) is 1.26. The van der Waals surface area contributed by atoms with E-state index in [1.54, 1.807) is 12.7 Å². The summed E-state index contributed by atoms with van der Waals surface area (Å²) in [6, 6.07) is 8.35. The number of likely N-dealkylation sites (N-methyl/N-ethyl adjacent to an activating group) is 1. The average Bonchev–Trinajstić information content (AvgIpc) is 2.89. The molecule has 1 atom stereocenters. The van der Waals surface area contributed by atoms with Gasteiger partial charge in [0.15, 0.2) is 0 Å². The first kappa shape index (κ1) is 13.1. The summed E-state index contributed by atoms with van der Waals surface area (Å²) in [5, 5.41) is 4.87. The number of aromatic nitrogens is 3. The molecule has 0 aliphatic heterocycles. The van der Waals surface area contributed by atoms with Gasteiger partial charge in [0.2, 0.25) is 0 Å². The number of hydrogen-bond acceptors (Lipinski definition) is 3. The first-order chi connectivity index (χ1) is 8.66. The molecule has 1 aromatic carbocycles. The van der Waals surface area contributed by atoms with E-state index in [1.165, 1.54) is 5.56 Å². The second kappa shape index (κ2) is 5.98. The van der Waals surface area contributed by atoms with E-state index in [4.69, 9.17) is 11.6 Å². The molecule has 4 nitrogen and oxygen atoms in total. The van der Waals surface area contributed by atoms with E-state index >= 15 is 0 Å². The van der Waals surface area contributed by atoms with Crippen molar-refractivity contribution in [3.63, 3.8) is 0 Å². The van der Waals surface area contributed by atoms with Gasteiger partial charge >= 0.3 is 0 Å². The maximum absolute atomic E-state index is 5.89. The van der Waals surface area contributed by atoms with E-state index in [0.29, 0.717) is 6.04 Å². The molecule has 1 heterocycles. The third-order valence-corrected chi connectivity index (χ3v) is 3.41. The van der Waals surface area contributed by atoms with Crippen molar-refractivity contribution >= 4 is 11.6 Å². The minimum absolute atomic E-state index is 0.353. The van der Waals surface area contributed by atoms with Gasteiger partial charge in [0, 0.05) is 17.6 Å². The van der Waals surface area contributed by atoms with Crippen LogP contribution in [0, 0.1) is 0 Å². The van der Waals surface area contributed by atoms with E-state index < -0.39 is 0 Å². The Bertz CT molecular complexity index is 466. The second-order valence-corrected chi connectivity index (χ2v) is 4.80. The van der Waals surface area contributed by atoms with Gasteiger partial charge in [0.25, 0.3) is 0 Å². The van der Waals surface area contributed by atoms with Gasteiger partial charge in [0.1, 0.15) is 12.7 Å². The predicted molar refractivity (Wildman–Crippen MR) is 72.5 cm³/mol. The molecule has 0 amide bonds. The van der Waals surface area contributed by atoms with E-state index in [-0.39, 0.29) is 0 Å². The van der Waals surface area contributed by atoms with Crippen molar-refractivity contribution in [1.82, 2.24) is 19.7 Å². The van der Waals surface area contributed by atoms with Crippen molar-refractivity contribution in [2.75, 3.05) is 13.6 Å². The zero-order valence-electron chi connectivity index (χ0n) is 10.6. The normalized spacial score (nSPS) is 12.9. The zero-order valence-corrected chi connectivity index (χ0v) is 11.4. The fourth-order valence-electron chi connectivity index (χ4n) is 1.80. The maximum atomic E-state index is 5.89. The Morgan fingerprint density at radius 3 is 2.67 bits per heavy atom. The zero-order chi connectivity index (χ0) is 13.0. The SMILES string of the molecule is C[C@H](c1ccc(Cl)cc1)N(C)CCn1cncn1. The molecule has 0 saturated heterocycles. The molecule has 2 rings (SSSR count). The number of benzene rings is 1. The molecule has 0 saturated carbocycles. The first-order valence-corrected chi connectivity index (χ1v) is 6.33. The Balaban J connectivity index is 1.91. The lowest BCUT2D eigenvalue weighted by atomic mass is 10.1. The second-order valence-electron chi connectivity index (χ2n) is 4.37. The summed E-state index contributed by atoms with van der Waals surface area (Å²) in [6.45, 7) is 3.95. The van der Waals surface area contributed by atoms with Crippen LogP contribution < -0.4 is 0 Å². The third kappa shape index (κ3) is 3.31. The Morgan fingerprint density at radius 1 is 1.33 bits per heavy atom. The van der Waals surface area contributed by atoms with Crippen LogP contribution in [0.4, 0.5) is 0 Å². The molecule has 96 valence electrons. The van der Waals surface area contributed by atoms with Gasteiger partial charge in [0.05, 0.1) is 6.54 Å². The smallest absolute Gasteiger partial charge is 0.137 e. The van der Waals surface area contributed by atoms with Gasteiger partial charge in [-0.15, -0.1) is 0 Å². The molecular formula is C13H17ClN4. The van der Waals surface area contributed by atoms with Gasteiger partial charge in [-0.25, -0.2) is 4.98 Å². The Labute approximate surface area is 112 Å². The highest BCUT2D eigenvalue weighted by molar-refractivity contribution is 6.30. The highest BCUT2D eigenvalue weighted by atomic mass is 35.5. The molecule has 0 aliphatic rings. The van der Waals surface area contributed by atoms with Crippen LogP contribution in [-0.4, -0.2) is 33.3 Å². The van der Waals surface area contributed by atoms with Crippen molar-refractivity contribution in [1.29, 1.82) is 0 Å². The fraction of sp³-hybridized carbons (Fsp3) is 0.385. The number of hydrogen-bond donors (Lipinski definition) is 0. The first-order valence-electron chi connectivity index (χ1n) is 5.95. The number of nitrogens with zero attached hydrogens (tertiary/aromatic N) is 4. The van der Waals surface area contributed by atoms with Crippen LogP contribution >= 0.6 is 11.6 Å². The molecule has 5 heteroatoms. The van der Waals surface area contributed by atoms with Crippen molar-refractivity contribution < 1.29 is 0 Å². The minimum atomic E-state index is 0.353. The summed E-state index contributed by atoms with van der Waals surface area (Å²) < 4.78 is 1.84. The van der Waals surface area contributed by atoms with E-state index in [2.05, 4.69) is 41.1 Å². The van der Waals surface area contributed by atoms with Crippen molar-refractivity contribution in [2.24, 2.45) is 0 Å². The molecule has 0 N–H and O–H groups in total. The lowest BCUT2D eigenvalue weighted by Gasteiger charge is -2.25. The minimum Gasteiger partial charge on any atom is -0.298 e. The van der Waals surface area contributed by atoms with Crippen molar-refractivity contribution in [3.05, 3.63) is 47.5 Å². The molecule has 0 fully saturated rings. The summed E-state index contributed by atoms with van der Waals surface area (Å²) in [7, 11) is 2.11. The van der Waals surface area contributed by atoms with Crippen LogP contribution in [0.3, 0.4) is 0 Å². The molecule has 0 spiro atoms. The van der Waals surface area contributed by atoms with Gasteiger partial charge < -0.3 is 0 Å². The van der Waals surface area contributed by atoms with E-state index in [9.17, 15) is 0 Å². The number of halogens is 1. The van der Waals surface area contributed by atoms with Gasteiger partial charge in [-0.1, -0.05) is 23.7 Å². The molecule has 0 unspecified atom stereocenters. The monoisotopic (exact) mass is 264 g/mol. The van der Waals surface area contributed by atoms with Gasteiger partial charge in [-0.2, -0.15) is 5.10 Å². The van der Waals surface area contributed by atoms with Gasteiger partial charge in [-0.05, 0) is 31.7 Å². The van der Waals surface area contributed by atoms with Crippen molar-refractivity contribution in [3.8, 4) is 0 Å². The summed E-state index contributed by atoms with van der Waals surface area (Å²) >= 11 is 5.89. The predicted octanol–water partition coefficient (Wildman–Crippen LogP) is 2.62. The van der Waals surface area contributed by atoms with Crippen LogP contribution in [0.1, 0.15) is 18.5 Å². The average molecular weight is 265 g/mol. The highest BCUT2D eigenvalue weighted by Crippen LogP contribution is 2.20. The molecule has 0 radical (unpaired) electrons. The molecule has 1 aromatic heterocycles. The standard InChI is InChI=1S/C13H17ClN4/c1-11(12-3-5-13(14)6-4-12)17(2)7-8-18-10-15-9-16-18/h3-6,9-11H,7-8H2,1-2H3/t11-/m1/s1. The molecule has 18 heavy (non-hydrogen) atoms. The quantitative estimate of drug-likeness (QED) is 0.833. The van der Waals surface area contributed by atoms with Crippen LogP contribution in [0.5, 0.6) is 0 Å². The topological polar surface area (TPSA) is 34.0 Å². The number of rotatable bonds is 5. The van der Waals surface area contributed by atoms with E-state index in [0.717, 1.165) is 18.1 Å². The lowest BCUT2D eigenvalue weighted by Crippen LogP contribution is -2.26. The summed E-state index contributed by atoms with van der Waals surface area (Å²) in [5.74, 6) is 0. The van der Waals surface area contributed by atoms with Crippen molar-refractivity contribution in [2.45, 2.75) is 19.5 Å². The van der Waals surface area contributed by atoms with E-state index in [1.807, 2.05) is 16.8 Å². The third-order valence-electron chi connectivity index (χ3n) is 3.16. The maximum Gasteiger partial charge on any atom is 0.137 e. The van der Waals surface area contributed by atoms with Crippen LogP contribution in [0.2, 0.25) is 5.02 Å². The molecular weight excluding hydrogens is 248 g/mol. The van der Waals surface area contributed by atoms with Gasteiger partial charge in [-0.3, -0.25) is 9.58 Å². The molecule has 0 bridgehead atoms. The Morgan fingerprint density at radius 2 is 2.06 bits per heavy atom. The molecule has 0 aliphatic carbocycles. The fourth-order valence-corrected chi connectivity index (χ4v) is 1.92. The summed E-state index contributed by atoms with van der Waals surface area (Å²) in [4.78, 5) is 6.21. The molecule has 2 aromatic rings.